The number of halogens is 1. The Morgan fingerprint density at radius 1 is 1.45 bits per heavy atom. The Hall–Kier alpha value is -2.35. The number of aliphatic hydroxyl groups is 1. The fraction of sp³-hybridized carbons (Fsp3) is 0.333. The fourth-order valence-electron chi connectivity index (χ4n) is 1.96. The van der Waals surface area contributed by atoms with Gasteiger partial charge in [-0.25, -0.2) is 4.39 Å². The van der Waals surface area contributed by atoms with Crippen molar-refractivity contribution >= 4 is 5.69 Å². The molecule has 0 fully saturated rings. The predicted molar refractivity (Wildman–Crippen MR) is 68.3 cm³/mol. The summed E-state index contributed by atoms with van der Waals surface area (Å²) in [6.45, 7) is 2.05. The summed E-state index contributed by atoms with van der Waals surface area (Å²) in [5.74, 6) is -0.121. The molecule has 20 heavy (non-hydrogen) atoms. The van der Waals surface area contributed by atoms with Crippen molar-refractivity contribution in [3.8, 4) is 11.4 Å². The molecule has 1 N–H and O–H groups in total. The standard InChI is InChI=1S/C12H13FN4O3/c1-2-5-16-11(7-18)14-15-12(16)9-6-8(13)3-4-10(9)17(19)20/h3-4,6,18H,2,5,7H2,1H3. The van der Waals surface area contributed by atoms with Crippen molar-refractivity contribution in [2.75, 3.05) is 0 Å². The van der Waals surface area contributed by atoms with E-state index in [9.17, 15) is 19.6 Å². The van der Waals surface area contributed by atoms with E-state index >= 15 is 0 Å². The van der Waals surface area contributed by atoms with Gasteiger partial charge in [0.2, 0.25) is 0 Å². The number of hydrogen-bond donors (Lipinski definition) is 1. The average Bonchev–Trinajstić information content (AvgIpc) is 2.81. The van der Waals surface area contributed by atoms with Crippen LogP contribution in [-0.4, -0.2) is 24.8 Å². The molecule has 0 bridgehead atoms. The van der Waals surface area contributed by atoms with Crippen LogP contribution in [0.2, 0.25) is 0 Å². The number of nitrogens with zero attached hydrogens (tertiary/aromatic N) is 4. The molecule has 0 radical (unpaired) electrons. The Morgan fingerprint density at radius 2 is 2.20 bits per heavy atom. The zero-order valence-electron chi connectivity index (χ0n) is 10.8. The summed E-state index contributed by atoms with van der Waals surface area (Å²) < 4.78 is 14.9. The SMILES string of the molecule is CCCn1c(CO)nnc1-c1cc(F)ccc1[N+](=O)[O-]. The molecular weight excluding hydrogens is 267 g/mol. The number of aromatic nitrogens is 3. The average molecular weight is 280 g/mol. The summed E-state index contributed by atoms with van der Waals surface area (Å²) in [5.41, 5.74) is -0.198. The number of aliphatic hydroxyl groups excluding tert-OH is 1. The van der Waals surface area contributed by atoms with Gasteiger partial charge in [0.25, 0.3) is 5.69 Å². The maximum absolute atomic E-state index is 13.4. The summed E-state index contributed by atoms with van der Waals surface area (Å²) >= 11 is 0. The quantitative estimate of drug-likeness (QED) is 0.666. The van der Waals surface area contributed by atoms with Crippen LogP contribution in [0.4, 0.5) is 10.1 Å². The van der Waals surface area contributed by atoms with E-state index in [4.69, 9.17) is 0 Å². The second kappa shape index (κ2) is 5.74. The molecule has 0 unspecified atom stereocenters. The highest BCUT2D eigenvalue weighted by Crippen LogP contribution is 2.29. The molecule has 7 nitrogen and oxygen atoms in total. The van der Waals surface area contributed by atoms with Crippen LogP contribution in [-0.2, 0) is 13.2 Å². The van der Waals surface area contributed by atoms with Gasteiger partial charge in [-0.2, -0.15) is 0 Å². The molecule has 0 aliphatic carbocycles. The lowest BCUT2D eigenvalue weighted by molar-refractivity contribution is -0.384. The molecule has 1 aromatic heterocycles. The van der Waals surface area contributed by atoms with Gasteiger partial charge < -0.3 is 9.67 Å². The van der Waals surface area contributed by atoms with Gasteiger partial charge in [0.05, 0.1) is 10.5 Å². The third-order valence-corrected chi connectivity index (χ3v) is 2.81. The lowest BCUT2D eigenvalue weighted by Crippen LogP contribution is -2.06. The number of hydrogen-bond acceptors (Lipinski definition) is 5. The molecule has 0 aliphatic heterocycles. The Kier molecular flexibility index (Phi) is 4.04. The zero-order chi connectivity index (χ0) is 14.7. The van der Waals surface area contributed by atoms with Crippen molar-refractivity contribution < 1.29 is 14.4 Å². The minimum absolute atomic E-state index is 0.0515. The van der Waals surface area contributed by atoms with Gasteiger partial charge in [-0.05, 0) is 18.6 Å². The summed E-state index contributed by atoms with van der Waals surface area (Å²) in [5, 5.41) is 27.9. The molecule has 0 saturated heterocycles. The van der Waals surface area contributed by atoms with Gasteiger partial charge in [-0.15, -0.1) is 10.2 Å². The first-order valence-corrected chi connectivity index (χ1v) is 6.05. The minimum atomic E-state index is -0.599. The number of nitro benzene ring substituents is 1. The van der Waals surface area contributed by atoms with E-state index in [2.05, 4.69) is 10.2 Å². The first-order valence-electron chi connectivity index (χ1n) is 6.05. The normalized spacial score (nSPS) is 10.8. The predicted octanol–water partition coefficient (Wildman–Crippen LogP) is 1.89. The highest BCUT2D eigenvalue weighted by molar-refractivity contribution is 5.68. The van der Waals surface area contributed by atoms with Crippen LogP contribution < -0.4 is 0 Å². The maximum atomic E-state index is 13.4. The van der Waals surface area contributed by atoms with Crippen molar-refractivity contribution in [1.29, 1.82) is 0 Å². The Labute approximate surface area is 113 Å². The molecule has 1 aromatic carbocycles. The molecule has 2 rings (SSSR count). The molecule has 0 aliphatic rings. The summed E-state index contributed by atoms with van der Waals surface area (Å²) in [7, 11) is 0. The fourth-order valence-corrected chi connectivity index (χ4v) is 1.96. The van der Waals surface area contributed by atoms with Crippen LogP contribution in [0.3, 0.4) is 0 Å². The zero-order valence-corrected chi connectivity index (χ0v) is 10.8. The van der Waals surface area contributed by atoms with E-state index in [-0.39, 0.29) is 23.7 Å². The number of nitro groups is 1. The molecule has 0 saturated carbocycles. The van der Waals surface area contributed by atoms with Gasteiger partial charge >= 0.3 is 0 Å². The van der Waals surface area contributed by atoms with Crippen molar-refractivity contribution in [2.24, 2.45) is 0 Å². The molecule has 0 atom stereocenters. The van der Waals surface area contributed by atoms with Crippen LogP contribution in [0, 0.1) is 15.9 Å². The second-order valence-corrected chi connectivity index (χ2v) is 4.17. The molecule has 106 valence electrons. The Balaban J connectivity index is 2.64. The molecule has 8 heteroatoms. The smallest absolute Gasteiger partial charge is 0.280 e. The van der Waals surface area contributed by atoms with Crippen LogP contribution >= 0.6 is 0 Å². The largest absolute Gasteiger partial charge is 0.388 e. The van der Waals surface area contributed by atoms with E-state index in [0.29, 0.717) is 12.4 Å². The van der Waals surface area contributed by atoms with E-state index in [1.54, 1.807) is 4.57 Å². The number of rotatable bonds is 5. The third kappa shape index (κ3) is 2.50. The number of benzene rings is 1. The van der Waals surface area contributed by atoms with E-state index < -0.39 is 10.7 Å². The van der Waals surface area contributed by atoms with Crippen molar-refractivity contribution in [2.45, 2.75) is 26.5 Å². The molecule has 0 amide bonds. The van der Waals surface area contributed by atoms with Crippen molar-refractivity contribution in [1.82, 2.24) is 14.8 Å². The summed E-state index contributed by atoms with van der Waals surface area (Å²) in [6.07, 6.45) is 0.723. The first-order chi connectivity index (χ1) is 9.58. The Bertz CT molecular complexity index is 642. The molecule has 1 heterocycles. The highest BCUT2D eigenvalue weighted by Gasteiger charge is 2.22. The lowest BCUT2D eigenvalue weighted by atomic mass is 10.1. The topological polar surface area (TPSA) is 94.1 Å². The summed E-state index contributed by atoms with van der Waals surface area (Å²) in [4.78, 5) is 10.4. The maximum Gasteiger partial charge on any atom is 0.280 e. The van der Waals surface area contributed by atoms with Crippen LogP contribution in [0.15, 0.2) is 18.2 Å². The van der Waals surface area contributed by atoms with Gasteiger partial charge in [-0.1, -0.05) is 6.92 Å². The van der Waals surface area contributed by atoms with Gasteiger partial charge in [-0.3, -0.25) is 10.1 Å². The third-order valence-electron chi connectivity index (χ3n) is 2.81. The first kappa shape index (κ1) is 14.1. The van der Waals surface area contributed by atoms with Gasteiger partial charge in [0.15, 0.2) is 11.6 Å². The summed E-state index contributed by atoms with van der Waals surface area (Å²) in [6, 6.07) is 3.17. The van der Waals surface area contributed by atoms with Gasteiger partial charge in [0, 0.05) is 12.6 Å². The molecule has 2 aromatic rings. The highest BCUT2D eigenvalue weighted by atomic mass is 19.1. The van der Waals surface area contributed by atoms with E-state index in [0.717, 1.165) is 24.6 Å². The monoisotopic (exact) mass is 280 g/mol. The molecule has 0 spiro atoms. The molecular formula is C12H13FN4O3. The van der Waals surface area contributed by atoms with Crippen LogP contribution in [0.25, 0.3) is 11.4 Å². The lowest BCUT2D eigenvalue weighted by Gasteiger charge is -2.08. The minimum Gasteiger partial charge on any atom is -0.388 e. The van der Waals surface area contributed by atoms with E-state index in [1.165, 1.54) is 0 Å². The van der Waals surface area contributed by atoms with Crippen molar-refractivity contribution in [3.05, 3.63) is 40.0 Å². The van der Waals surface area contributed by atoms with Crippen molar-refractivity contribution in [3.63, 3.8) is 0 Å². The van der Waals surface area contributed by atoms with E-state index in [1.807, 2.05) is 6.92 Å². The van der Waals surface area contributed by atoms with Crippen LogP contribution in [0.5, 0.6) is 0 Å². The Morgan fingerprint density at radius 3 is 2.80 bits per heavy atom. The van der Waals surface area contributed by atoms with Crippen LogP contribution in [0.1, 0.15) is 19.2 Å². The second-order valence-electron chi connectivity index (χ2n) is 4.17. The van der Waals surface area contributed by atoms with Gasteiger partial charge in [0.1, 0.15) is 12.4 Å².